The lowest BCUT2D eigenvalue weighted by atomic mass is 10.3. The molecule has 0 aromatic rings. The molecule has 0 aromatic carbocycles. The summed E-state index contributed by atoms with van der Waals surface area (Å²) in [4.78, 5) is 19.3. The van der Waals surface area contributed by atoms with E-state index >= 15 is 0 Å². The second kappa shape index (κ2) is 8.26. The number of halogens is 1. The summed E-state index contributed by atoms with van der Waals surface area (Å²) in [6.07, 6.45) is 0. The Balaban J connectivity index is -0.000000249. The molecular weight excluding hydrogens is 222 g/mol. The molecule has 0 saturated carbocycles. The van der Waals surface area contributed by atoms with Crippen molar-refractivity contribution in [3.05, 3.63) is 12.2 Å². The minimum atomic E-state index is -0.909. The number of carboxylic acid groups (broad SMARTS) is 2. The molecule has 0 fully saturated rings. The quantitative estimate of drug-likeness (QED) is 0.567. The molecular formula is C9H19ClNO4+. The first-order chi connectivity index (χ1) is 6.06. The van der Waals surface area contributed by atoms with Gasteiger partial charge in [-0.05, 0) is 0 Å². The van der Waals surface area contributed by atoms with Crippen LogP contribution in [0.2, 0.25) is 0 Å². The van der Waals surface area contributed by atoms with Gasteiger partial charge < -0.3 is 14.7 Å². The Morgan fingerprint density at radius 3 is 1.53 bits per heavy atom. The molecule has 0 bridgehead atoms. The van der Waals surface area contributed by atoms with Gasteiger partial charge in [-0.25, -0.2) is 4.79 Å². The fraction of sp³-hybridized carbons (Fsp3) is 0.556. The van der Waals surface area contributed by atoms with Gasteiger partial charge in [-0.3, -0.25) is 4.79 Å². The summed E-state index contributed by atoms with van der Waals surface area (Å²) in [6, 6.07) is 0. The van der Waals surface area contributed by atoms with Gasteiger partial charge in [-0.2, -0.15) is 0 Å². The normalized spacial score (nSPS) is 9.07. The van der Waals surface area contributed by atoms with Crippen LogP contribution in [0.5, 0.6) is 0 Å². The van der Waals surface area contributed by atoms with Gasteiger partial charge in [-0.15, -0.1) is 12.4 Å². The molecule has 0 aliphatic heterocycles. The zero-order chi connectivity index (χ0) is 11.9. The molecule has 5 nitrogen and oxygen atoms in total. The van der Waals surface area contributed by atoms with Gasteiger partial charge in [0.25, 0.3) is 5.97 Å². The summed E-state index contributed by atoms with van der Waals surface area (Å²) in [6.45, 7) is 4.99. The first-order valence-corrected chi connectivity index (χ1v) is 3.97. The molecule has 90 valence electrons. The molecule has 0 unspecified atom stereocenters. The highest BCUT2D eigenvalue weighted by molar-refractivity contribution is 5.86. The van der Waals surface area contributed by atoms with Crippen LogP contribution in [0, 0.1) is 0 Å². The SMILES string of the molecule is C=C(C[N+](C)(C)C)C(=O)O.CC(=O)O.Cl. The lowest BCUT2D eigenvalue weighted by molar-refractivity contribution is -0.865. The zero-order valence-corrected chi connectivity index (χ0v) is 10.3. The molecule has 0 atom stereocenters. The van der Waals surface area contributed by atoms with Crippen molar-refractivity contribution in [2.24, 2.45) is 0 Å². The van der Waals surface area contributed by atoms with Crippen molar-refractivity contribution in [1.29, 1.82) is 0 Å². The van der Waals surface area contributed by atoms with Crippen molar-refractivity contribution in [3.63, 3.8) is 0 Å². The lowest BCUT2D eigenvalue weighted by Gasteiger charge is -2.23. The van der Waals surface area contributed by atoms with E-state index in [2.05, 4.69) is 6.58 Å². The Labute approximate surface area is 96.0 Å². The monoisotopic (exact) mass is 240 g/mol. The van der Waals surface area contributed by atoms with E-state index in [0.717, 1.165) is 6.92 Å². The number of quaternary nitrogens is 1. The fourth-order valence-corrected chi connectivity index (χ4v) is 0.640. The summed E-state index contributed by atoms with van der Waals surface area (Å²) in [5.41, 5.74) is 0.257. The number of aliphatic carboxylic acids is 2. The Morgan fingerprint density at radius 2 is 1.47 bits per heavy atom. The average Bonchev–Trinajstić information content (AvgIpc) is 1.81. The van der Waals surface area contributed by atoms with Gasteiger partial charge in [0, 0.05) is 6.92 Å². The number of likely N-dealkylation sites (N-methyl/N-ethyl adjacent to an activating group) is 1. The van der Waals surface area contributed by atoms with E-state index < -0.39 is 11.9 Å². The summed E-state index contributed by atoms with van der Waals surface area (Å²) in [5.74, 6) is -1.74. The number of hydrogen-bond donors (Lipinski definition) is 2. The van der Waals surface area contributed by atoms with Crippen LogP contribution in [0.3, 0.4) is 0 Å². The average molecular weight is 241 g/mol. The molecule has 0 heterocycles. The molecule has 0 saturated heterocycles. The highest BCUT2D eigenvalue weighted by atomic mass is 35.5. The smallest absolute Gasteiger partial charge is 0.336 e. The summed E-state index contributed by atoms with van der Waals surface area (Å²) < 4.78 is 0.602. The van der Waals surface area contributed by atoms with E-state index in [1.54, 1.807) is 0 Å². The van der Waals surface area contributed by atoms with Crippen LogP contribution in [0.15, 0.2) is 12.2 Å². The van der Waals surface area contributed by atoms with Gasteiger partial charge in [0.2, 0.25) is 0 Å². The molecule has 0 spiro atoms. The van der Waals surface area contributed by atoms with Gasteiger partial charge >= 0.3 is 5.97 Å². The van der Waals surface area contributed by atoms with Gasteiger partial charge in [0.1, 0.15) is 6.54 Å². The Hall–Kier alpha value is -1.07. The number of carboxylic acids is 2. The van der Waals surface area contributed by atoms with E-state index in [4.69, 9.17) is 15.0 Å². The van der Waals surface area contributed by atoms with Crippen LogP contribution in [-0.2, 0) is 9.59 Å². The second-order valence-corrected chi connectivity index (χ2v) is 3.88. The van der Waals surface area contributed by atoms with E-state index in [1.165, 1.54) is 0 Å². The van der Waals surface area contributed by atoms with Crippen LogP contribution in [0.4, 0.5) is 0 Å². The molecule has 15 heavy (non-hydrogen) atoms. The van der Waals surface area contributed by atoms with E-state index in [1.807, 2.05) is 21.1 Å². The first-order valence-electron chi connectivity index (χ1n) is 3.97. The van der Waals surface area contributed by atoms with Crippen LogP contribution in [0.25, 0.3) is 0 Å². The molecule has 0 radical (unpaired) electrons. The van der Waals surface area contributed by atoms with E-state index in [0.29, 0.717) is 11.0 Å². The van der Waals surface area contributed by atoms with Crippen molar-refractivity contribution >= 4 is 24.3 Å². The largest absolute Gasteiger partial charge is 0.481 e. The predicted octanol–water partition coefficient (Wildman–Crippen LogP) is 0.846. The maximum absolute atomic E-state index is 10.3. The third-order valence-corrected chi connectivity index (χ3v) is 0.968. The third-order valence-electron chi connectivity index (χ3n) is 0.968. The topological polar surface area (TPSA) is 74.6 Å². The summed E-state index contributed by atoms with van der Waals surface area (Å²) >= 11 is 0. The maximum atomic E-state index is 10.3. The Bertz CT molecular complexity index is 229. The Morgan fingerprint density at radius 1 is 1.20 bits per heavy atom. The predicted molar refractivity (Wildman–Crippen MR) is 60.2 cm³/mol. The van der Waals surface area contributed by atoms with Crippen LogP contribution >= 0.6 is 12.4 Å². The number of carbonyl (C=O) groups is 2. The fourth-order valence-electron chi connectivity index (χ4n) is 0.640. The number of rotatable bonds is 3. The minimum absolute atomic E-state index is 0. The van der Waals surface area contributed by atoms with Gasteiger partial charge in [0.05, 0.1) is 26.7 Å². The lowest BCUT2D eigenvalue weighted by Crippen LogP contribution is -2.37. The highest BCUT2D eigenvalue weighted by Crippen LogP contribution is 1.98. The third kappa shape index (κ3) is 24.6. The van der Waals surface area contributed by atoms with Crippen molar-refractivity contribution < 1.29 is 24.3 Å². The first kappa shape index (κ1) is 19.5. The van der Waals surface area contributed by atoms with E-state index in [9.17, 15) is 4.79 Å². The second-order valence-electron chi connectivity index (χ2n) is 3.88. The molecule has 0 rings (SSSR count). The van der Waals surface area contributed by atoms with Crippen LogP contribution in [-0.4, -0.2) is 54.3 Å². The molecule has 6 heteroatoms. The molecule has 0 aliphatic carbocycles. The van der Waals surface area contributed by atoms with Crippen LogP contribution < -0.4 is 0 Å². The van der Waals surface area contributed by atoms with Crippen LogP contribution in [0.1, 0.15) is 6.92 Å². The molecule has 0 aromatic heterocycles. The Kier molecular flexibility index (Phi) is 10.7. The van der Waals surface area contributed by atoms with Crippen molar-refractivity contribution in [3.8, 4) is 0 Å². The zero-order valence-electron chi connectivity index (χ0n) is 9.48. The minimum Gasteiger partial charge on any atom is -0.481 e. The van der Waals surface area contributed by atoms with E-state index in [-0.39, 0.29) is 18.0 Å². The van der Waals surface area contributed by atoms with Crippen molar-refractivity contribution in [2.75, 3.05) is 27.7 Å². The number of nitrogens with zero attached hydrogens (tertiary/aromatic N) is 1. The number of hydrogen-bond acceptors (Lipinski definition) is 2. The molecule has 0 aliphatic rings. The molecule has 2 N–H and O–H groups in total. The summed E-state index contributed by atoms with van der Waals surface area (Å²) in [7, 11) is 5.77. The highest BCUT2D eigenvalue weighted by Gasteiger charge is 2.13. The van der Waals surface area contributed by atoms with Gasteiger partial charge in [0.15, 0.2) is 0 Å². The van der Waals surface area contributed by atoms with Crippen molar-refractivity contribution in [1.82, 2.24) is 0 Å². The standard InChI is InChI=1S/C7H13NO2.C2H4O2.ClH/c1-6(7(9)10)5-8(2,3)4;1-2(3)4;/h1,5H2,2-4H3;1H3,(H,3,4);1H/p+1. The maximum Gasteiger partial charge on any atom is 0.336 e. The van der Waals surface area contributed by atoms with Crippen molar-refractivity contribution in [2.45, 2.75) is 6.92 Å². The van der Waals surface area contributed by atoms with Gasteiger partial charge in [-0.1, -0.05) is 6.58 Å². The summed E-state index contributed by atoms with van der Waals surface area (Å²) in [5, 5.41) is 15.9. The molecule has 0 amide bonds.